The molecular formula is C30H40O4Si. The third kappa shape index (κ3) is 5.96. The number of hydrogen-bond acceptors (Lipinski definition) is 4. The second kappa shape index (κ2) is 11.2. The fraction of sp³-hybridized carbons (Fsp3) is 0.500. The van der Waals surface area contributed by atoms with E-state index in [9.17, 15) is 4.79 Å². The highest BCUT2D eigenvalue weighted by atomic mass is 28.4. The summed E-state index contributed by atoms with van der Waals surface area (Å²) in [5.41, 5.74) is 1.17. The third-order valence-electron chi connectivity index (χ3n) is 7.43. The number of rotatable bonds is 10. The van der Waals surface area contributed by atoms with Gasteiger partial charge in [0, 0.05) is 13.0 Å². The molecule has 0 aliphatic carbocycles. The number of hydrogen-bond donors (Lipinski definition) is 0. The van der Waals surface area contributed by atoms with Crippen LogP contribution in [0.25, 0.3) is 0 Å². The second-order valence-corrected chi connectivity index (χ2v) is 15.3. The fourth-order valence-electron chi connectivity index (χ4n) is 5.66. The first-order valence-electron chi connectivity index (χ1n) is 13.1. The van der Waals surface area contributed by atoms with Crippen LogP contribution in [-0.2, 0) is 18.7 Å². The molecule has 4 nitrogen and oxygen atoms in total. The first kappa shape index (κ1) is 25.9. The zero-order chi connectivity index (χ0) is 24.9. The first-order chi connectivity index (χ1) is 16.8. The van der Waals surface area contributed by atoms with Gasteiger partial charge in [0.2, 0.25) is 0 Å². The highest BCUT2D eigenvalue weighted by molar-refractivity contribution is 6.99. The van der Waals surface area contributed by atoms with Gasteiger partial charge < -0.3 is 13.9 Å². The summed E-state index contributed by atoms with van der Waals surface area (Å²) < 4.78 is 18.7. The van der Waals surface area contributed by atoms with Crippen LogP contribution in [0, 0.1) is 0 Å². The molecule has 4 rings (SSSR count). The lowest BCUT2D eigenvalue weighted by Gasteiger charge is -2.43. The summed E-state index contributed by atoms with van der Waals surface area (Å²) in [5, 5.41) is 2.62. The lowest BCUT2D eigenvalue weighted by molar-refractivity contribution is -0.141. The quantitative estimate of drug-likeness (QED) is 0.189. The van der Waals surface area contributed by atoms with Crippen LogP contribution in [0.5, 0.6) is 0 Å². The van der Waals surface area contributed by atoms with Crippen molar-refractivity contribution in [3.63, 3.8) is 0 Å². The molecule has 0 amide bonds. The van der Waals surface area contributed by atoms with Crippen molar-refractivity contribution in [2.45, 2.75) is 89.1 Å². The maximum atomic E-state index is 11.3. The van der Waals surface area contributed by atoms with Gasteiger partial charge in [-0.25, -0.2) is 0 Å². The molecule has 0 aromatic heterocycles. The normalized spacial score (nSPS) is 23.0. The zero-order valence-corrected chi connectivity index (χ0v) is 22.5. The molecule has 1 unspecified atom stereocenters. The minimum Gasteiger partial charge on any atom is -0.462 e. The summed E-state index contributed by atoms with van der Waals surface area (Å²) in [7, 11) is -2.49. The molecule has 2 aliphatic rings. The lowest BCUT2D eigenvalue weighted by atomic mass is 10.0. The Bertz CT molecular complexity index is 943. The van der Waals surface area contributed by atoms with Crippen LogP contribution in [0.3, 0.4) is 0 Å². The van der Waals surface area contributed by atoms with Crippen LogP contribution in [-0.4, -0.2) is 39.2 Å². The van der Waals surface area contributed by atoms with Gasteiger partial charge in [-0.1, -0.05) is 88.0 Å². The molecule has 2 saturated heterocycles. The SMILES string of the molecule is C=C1C[C@H](CCCO[Si](c2ccccc2)(c2ccccc2)C(C)(C)C)O[C@H]1CCC1CCC(=O)O1. The smallest absolute Gasteiger partial charge is 0.306 e. The van der Waals surface area contributed by atoms with E-state index in [1.54, 1.807) is 0 Å². The number of ether oxygens (including phenoxy) is 2. The third-order valence-corrected chi connectivity index (χ3v) is 12.5. The molecule has 0 saturated carbocycles. The predicted octanol–water partition coefficient (Wildman–Crippen LogP) is 5.54. The molecule has 3 atom stereocenters. The summed E-state index contributed by atoms with van der Waals surface area (Å²) in [4.78, 5) is 11.3. The first-order valence-corrected chi connectivity index (χ1v) is 15.0. The van der Waals surface area contributed by atoms with Crippen molar-refractivity contribution in [3.05, 3.63) is 72.8 Å². The predicted molar refractivity (Wildman–Crippen MR) is 144 cm³/mol. The van der Waals surface area contributed by atoms with E-state index < -0.39 is 8.32 Å². The molecule has 0 spiro atoms. The molecule has 2 aliphatic heterocycles. The van der Waals surface area contributed by atoms with Crippen LogP contribution in [0.1, 0.15) is 65.7 Å². The number of carbonyl (C=O) groups is 1. The Morgan fingerprint density at radius 2 is 1.57 bits per heavy atom. The topological polar surface area (TPSA) is 44.8 Å². The maximum absolute atomic E-state index is 11.3. The van der Waals surface area contributed by atoms with Gasteiger partial charge in [0.25, 0.3) is 8.32 Å². The van der Waals surface area contributed by atoms with Crippen molar-refractivity contribution in [3.8, 4) is 0 Å². The summed E-state index contributed by atoms with van der Waals surface area (Å²) in [6.45, 7) is 11.9. The molecule has 2 heterocycles. The van der Waals surface area contributed by atoms with Crippen molar-refractivity contribution in [1.29, 1.82) is 0 Å². The van der Waals surface area contributed by atoms with E-state index >= 15 is 0 Å². The van der Waals surface area contributed by atoms with E-state index in [0.717, 1.165) is 38.5 Å². The van der Waals surface area contributed by atoms with Crippen molar-refractivity contribution in [2.75, 3.05) is 6.61 Å². The Kier molecular flexibility index (Phi) is 8.30. The van der Waals surface area contributed by atoms with Gasteiger partial charge in [-0.05, 0) is 59.5 Å². The van der Waals surface area contributed by atoms with E-state index in [1.807, 2.05) is 0 Å². The van der Waals surface area contributed by atoms with E-state index in [1.165, 1.54) is 15.9 Å². The Labute approximate surface area is 211 Å². The minimum absolute atomic E-state index is 0.0113. The molecule has 2 fully saturated rings. The largest absolute Gasteiger partial charge is 0.462 e. The molecule has 0 bridgehead atoms. The second-order valence-electron chi connectivity index (χ2n) is 11.0. The van der Waals surface area contributed by atoms with Gasteiger partial charge in [0.15, 0.2) is 0 Å². The molecule has 2 aromatic rings. The summed E-state index contributed by atoms with van der Waals surface area (Å²) >= 11 is 0. The lowest BCUT2D eigenvalue weighted by Crippen LogP contribution is -2.66. The van der Waals surface area contributed by atoms with E-state index in [-0.39, 0.29) is 29.3 Å². The Hall–Kier alpha value is -2.21. The molecular weight excluding hydrogens is 452 g/mol. The van der Waals surface area contributed by atoms with E-state index in [0.29, 0.717) is 13.0 Å². The molecule has 35 heavy (non-hydrogen) atoms. The van der Waals surface area contributed by atoms with Crippen molar-refractivity contribution in [2.24, 2.45) is 0 Å². The molecule has 0 radical (unpaired) electrons. The van der Waals surface area contributed by atoms with Gasteiger partial charge in [0.05, 0.1) is 12.2 Å². The monoisotopic (exact) mass is 492 g/mol. The van der Waals surface area contributed by atoms with Crippen LogP contribution < -0.4 is 10.4 Å². The van der Waals surface area contributed by atoms with Gasteiger partial charge in [-0.2, -0.15) is 0 Å². The van der Waals surface area contributed by atoms with Gasteiger partial charge in [-0.15, -0.1) is 0 Å². The molecule has 0 N–H and O–H groups in total. The van der Waals surface area contributed by atoms with Gasteiger partial charge in [0.1, 0.15) is 6.10 Å². The highest BCUT2D eigenvalue weighted by Crippen LogP contribution is 2.37. The van der Waals surface area contributed by atoms with Crippen LogP contribution >= 0.6 is 0 Å². The maximum Gasteiger partial charge on any atom is 0.306 e. The van der Waals surface area contributed by atoms with Crippen molar-refractivity contribution < 1.29 is 18.7 Å². The van der Waals surface area contributed by atoms with Crippen LogP contribution in [0.4, 0.5) is 0 Å². The fourth-order valence-corrected chi connectivity index (χ4v) is 10.3. The Balaban J connectivity index is 1.36. The number of esters is 1. The van der Waals surface area contributed by atoms with Crippen molar-refractivity contribution >= 4 is 24.7 Å². The Morgan fingerprint density at radius 3 is 2.11 bits per heavy atom. The van der Waals surface area contributed by atoms with Crippen LogP contribution in [0.2, 0.25) is 5.04 Å². The summed E-state index contributed by atoms with van der Waals surface area (Å²) in [6.07, 6.45) is 6.28. The molecule has 5 heteroatoms. The van der Waals surface area contributed by atoms with E-state index in [4.69, 9.17) is 13.9 Å². The standard InChI is InChI=1S/C30H40O4Si/c1-23-22-25(33-28(23)19-17-24-18-20-29(31)34-24)12-11-21-32-35(30(2,3)4,26-13-7-5-8-14-26)27-15-9-6-10-16-27/h5-10,13-16,24-25,28H,1,11-12,17-22H2,2-4H3/t24?,25-,28-/m0/s1. The minimum atomic E-state index is -2.49. The zero-order valence-electron chi connectivity index (χ0n) is 21.5. The summed E-state index contributed by atoms with van der Waals surface area (Å²) in [5.74, 6) is -0.0695. The molecule has 2 aromatic carbocycles. The summed E-state index contributed by atoms with van der Waals surface area (Å²) in [6, 6.07) is 21.6. The van der Waals surface area contributed by atoms with Crippen LogP contribution in [0.15, 0.2) is 72.8 Å². The van der Waals surface area contributed by atoms with E-state index in [2.05, 4.69) is 88.0 Å². The highest BCUT2D eigenvalue weighted by Gasteiger charge is 2.50. The average molecular weight is 493 g/mol. The molecule has 188 valence electrons. The van der Waals surface area contributed by atoms with Crippen molar-refractivity contribution in [1.82, 2.24) is 0 Å². The number of carbonyl (C=O) groups excluding carboxylic acids is 1. The van der Waals surface area contributed by atoms with Gasteiger partial charge in [-0.3, -0.25) is 4.79 Å². The van der Waals surface area contributed by atoms with Gasteiger partial charge >= 0.3 is 5.97 Å². The average Bonchev–Trinajstić information content (AvgIpc) is 3.42. The number of cyclic esters (lactones) is 1. The Morgan fingerprint density at radius 1 is 0.943 bits per heavy atom. The number of benzene rings is 2.